The summed E-state index contributed by atoms with van der Waals surface area (Å²) in [6.07, 6.45) is 0.800. The number of benzene rings is 1. The Balaban J connectivity index is 2.94. The fraction of sp³-hybridized carbons (Fsp3) is 0.500. The van der Waals surface area contributed by atoms with Crippen LogP contribution in [-0.4, -0.2) is 35.8 Å². The third kappa shape index (κ3) is 5.02. The lowest BCUT2D eigenvalue weighted by atomic mass is 10.1. The normalized spacial score (nSPS) is 16.8. The van der Waals surface area contributed by atoms with E-state index in [1.165, 1.54) is 18.4 Å². The Morgan fingerprint density at radius 3 is 2.53 bits per heavy atom. The van der Waals surface area contributed by atoms with E-state index in [-0.39, 0.29) is 10.6 Å². The molecule has 0 bridgehead atoms. The number of aliphatic hydroxyl groups is 1. The third-order valence-electron chi connectivity index (χ3n) is 2.49. The Morgan fingerprint density at radius 2 is 2.00 bits per heavy atom. The molecule has 0 aliphatic carbocycles. The van der Waals surface area contributed by atoms with Crippen LogP contribution in [0.3, 0.4) is 0 Å². The van der Waals surface area contributed by atoms with E-state index in [1.54, 1.807) is 26.0 Å². The van der Waals surface area contributed by atoms with E-state index in [0.29, 0.717) is 5.56 Å². The van der Waals surface area contributed by atoms with Gasteiger partial charge in [0.25, 0.3) is 0 Å². The molecule has 1 aromatic rings. The molecule has 5 nitrogen and oxygen atoms in total. The molecule has 2 N–H and O–H groups in total. The van der Waals surface area contributed by atoms with Crippen molar-refractivity contribution < 1.29 is 17.7 Å². The van der Waals surface area contributed by atoms with E-state index in [9.17, 15) is 17.7 Å². The maximum absolute atomic E-state index is 12.1. The lowest BCUT2D eigenvalue weighted by Gasteiger charge is -2.14. The first-order valence-electron chi connectivity index (χ1n) is 5.83. The standard InChI is InChI=1S/C12H19NO4S2/c1-9(8-18(3)15)13-19(16,17)12-6-4-5-11(7-12)10(2)14/h4-7,9-10,13-14H,8H2,1-3H3. The van der Waals surface area contributed by atoms with Gasteiger partial charge < -0.3 is 5.11 Å². The number of aliphatic hydroxyl groups excluding tert-OH is 1. The molecule has 0 heterocycles. The van der Waals surface area contributed by atoms with Crippen molar-refractivity contribution >= 4 is 20.8 Å². The molecular weight excluding hydrogens is 286 g/mol. The van der Waals surface area contributed by atoms with E-state index in [2.05, 4.69) is 4.72 Å². The van der Waals surface area contributed by atoms with Crippen molar-refractivity contribution in [2.24, 2.45) is 0 Å². The Bertz CT molecular complexity index is 555. The molecule has 0 saturated heterocycles. The summed E-state index contributed by atoms with van der Waals surface area (Å²) in [5, 5.41) is 9.46. The Morgan fingerprint density at radius 1 is 1.37 bits per heavy atom. The third-order valence-corrected chi connectivity index (χ3v) is 5.05. The molecule has 0 amide bonds. The molecule has 0 saturated carbocycles. The van der Waals surface area contributed by atoms with Crippen molar-refractivity contribution in [2.75, 3.05) is 12.0 Å². The highest BCUT2D eigenvalue weighted by Gasteiger charge is 2.18. The van der Waals surface area contributed by atoms with E-state index < -0.39 is 33.0 Å². The molecule has 3 unspecified atom stereocenters. The highest BCUT2D eigenvalue weighted by atomic mass is 32.2. The van der Waals surface area contributed by atoms with Crippen LogP contribution in [0.1, 0.15) is 25.5 Å². The molecule has 1 rings (SSSR count). The zero-order valence-corrected chi connectivity index (χ0v) is 12.8. The van der Waals surface area contributed by atoms with Gasteiger partial charge in [0.15, 0.2) is 0 Å². The monoisotopic (exact) mass is 305 g/mol. The van der Waals surface area contributed by atoms with Gasteiger partial charge in [0.1, 0.15) is 0 Å². The van der Waals surface area contributed by atoms with Crippen LogP contribution in [0.4, 0.5) is 0 Å². The van der Waals surface area contributed by atoms with Crippen molar-refractivity contribution in [1.82, 2.24) is 4.72 Å². The summed E-state index contributed by atoms with van der Waals surface area (Å²) in [5.41, 5.74) is 0.537. The summed E-state index contributed by atoms with van der Waals surface area (Å²) in [7, 11) is -4.72. The van der Waals surface area contributed by atoms with Gasteiger partial charge in [-0.15, -0.1) is 0 Å². The second-order valence-corrected chi connectivity index (χ2v) is 7.70. The predicted octanol–water partition coefficient (Wildman–Crippen LogP) is 0.785. The van der Waals surface area contributed by atoms with Crippen LogP contribution in [0.25, 0.3) is 0 Å². The number of hydrogen-bond acceptors (Lipinski definition) is 4. The number of sulfonamides is 1. The van der Waals surface area contributed by atoms with E-state index >= 15 is 0 Å². The van der Waals surface area contributed by atoms with Crippen molar-refractivity contribution in [3.8, 4) is 0 Å². The molecule has 0 fully saturated rings. The molecular formula is C12H19NO4S2. The highest BCUT2D eigenvalue weighted by molar-refractivity contribution is 7.89. The second kappa shape index (κ2) is 6.60. The van der Waals surface area contributed by atoms with Gasteiger partial charge in [0.05, 0.1) is 11.0 Å². The molecule has 1 aromatic carbocycles. The maximum atomic E-state index is 12.1. The fourth-order valence-electron chi connectivity index (χ4n) is 1.66. The van der Waals surface area contributed by atoms with Crippen LogP contribution in [0.5, 0.6) is 0 Å². The maximum Gasteiger partial charge on any atom is 0.240 e. The zero-order valence-electron chi connectivity index (χ0n) is 11.2. The predicted molar refractivity (Wildman–Crippen MR) is 75.8 cm³/mol. The van der Waals surface area contributed by atoms with Crippen LogP contribution < -0.4 is 4.72 Å². The first kappa shape index (κ1) is 16.3. The first-order chi connectivity index (χ1) is 8.72. The van der Waals surface area contributed by atoms with Gasteiger partial charge in [-0.25, -0.2) is 13.1 Å². The summed E-state index contributed by atoms with van der Waals surface area (Å²) in [4.78, 5) is 0.0969. The molecule has 3 atom stereocenters. The fourth-order valence-corrected chi connectivity index (χ4v) is 3.85. The lowest BCUT2D eigenvalue weighted by molar-refractivity contribution is 0.199. The average molecular weight is 305 g/mol. The van der Waals surface area contributed by atoms with Gasteiger partial charge in [-0.3, -0.25) is 4.21 Å². The SMILES string of the molecule is CC(CS(C)=O)NS(=O)(=O)c1cccc(C(C)O)c1. The minimum Gasteiger partial charge on any atom is -0.389 e. The first-order valence-corrected chi connectivity index (χ1v) is 9.04. The van der Waals surface area contributed by atoms with Crippen LogP contribution in [0, 0.1) is 0 Å². The van der Waals surface area contributed by atoms with E-state index in [1.807, 2.05) is 0 Å². The largest absolute Gasteiger partial charge is 0.389 e. The zero-order chi connectivity index (χ0) is 14.6. The van der Waals surface area contributed by atoms with Crippen LogP contribution in [-0.2, 0) is 20.8 Å². The molecule has 0 aliphatic heterocycles. The van der Waals surface area contributed by atoms with Crippen LogP contribution >= 0.6 is 0 Å². The number of rotatable bonds is 6. The van der Waals surface area contributed by atoms with Gasteiger partial charge >= 0.3 is 0 Å². The minimum absolute atomic E-state index is 0.0969. The molecule has 0 spiro atoms. The highest BCUT2D eigenvalue weighted by Crippen LogP contribution is 2.17. The summed E-state index contributed by atoms with van der Waals surface area (Å²) >= 11 is 0. The van der Waals surface area contributed by atoms with Gasteiger partial charge in [-0.05, 0) is 31.5 Å². The van der Waals surface area contributed by atoms with Crippen molar-refractivity contribution in [3.05, 3.63) is 29.8 Å². The molecule has 0 aromatic heterocycles. The van der Waals surface area contributed by atoms with Gasteiger partial charge in [-0.2, -0.15) is 0 Å². The Labute approximate surface area is 116 Å². The van der Waals surface area contributed by atoms with Gasteiger partial charge in [-0.1, -0.05) is 12.1 Å². The Kier molecular flexibility index (Phi) is 5.66. The quantitative estimate of drug-likeness (QED) is 0.814. The van der Waals surface area contributed by atoms with Crippen LogP contribution in [0.15, 0.2) is 29.2 Å². The topological polar surface area (TPSA) is 83.5 Å². The van der Waals surface area contributed by atoms with Gasteiger partial charge in [0, 0.05) is 28.9 Å². The van der Waals surface area contributed by atoms with Crippen molar-refractivity contribution in [1.29, 1.82) is 0 Å². The van der Waals surface area contributed by atoms with E-state index in [0.717, 1.165) is 0 Å². The minimum atomic E-state index is -3.66. The lowest BCUT2D eigenvalue weighted by Crippen LogP contribution is -2.36. The summed E-state index contributed by atoms with van der Waals surface area (Å²) < 4.78 is 37.7. The second-order valence-electron chi connectivity index (χ2n) is 4.51. The summed E-state index contributed by atoms with van der Waals surface area (Å²) in [6, 6.07) is 5.73. The number of hydrogen-bond donors (Lipinski definition) is 2. The van der Waals surface area contributed by atoms with Crippen LogP contribution in [0.2, 0.25) is 0 Å². The van der Waals surface area contributed by atoms with E-state index in [4.69, 9.17) is 0 Å². The Hall–Kier alpha value is -0.760. The summed E-state index contributed by atoms with van der Waals surface area (Å²) in [5.74, 6) is 0.259. The molecule has 7 heteroatoms. The smallest absolute Gasteiger partial charge is 0.240 e. The molecule has 19 heavy (non-hydrogen) atoms. The molecule has 108 valence electrons. The molecule has 0 aliphatic rings. The summed E-state index contributed by atoms with van der Waals surface area (Å²) in [6.45, 7) is 3.24. The number of nitrogens with one attached hydrogen (secondary N) is 1. The average Bonchev–Trinajstić information content (AvgIpc) is 2.27. The van der Waals surface area contributed by atoms with Gasteiger partial charge in [0.2, 0.25) is 10.0 Å². The van der Waals surface area contributed by atoms with Crippen molar-refractivity contribution in [3.63, 3.8) is 0 Å². The van der Waals surface area contributed by atoms with Crippen molar-refractivity contribution in [2.45, 2.75) is 30.9 Å². The molecule has 0 radical (unpaired) electrons.